The summed E-state index contributed by atoms with van der Waals surface area (Å²) in [4.78, 5) is 31.1. The molecule has 2 aliphatic rings. The maximum atomic E-state index is 12.9. The summed E-state index contributed by atoms with van der Waals surface area (Å²) in [5, 5.41) is 4.33. The zero-order valence-electron chi connectivity index (χ0n) is 19.9. The zero-order chi connectivity index (χ0) is 23.1. The number of benzene rings is 1. The SMILES string of the molecule is CCN(CC)CCCNC(=S)N1CCC2(CCN(C(=O)c3ccc(C(C)=O)cc3)CC2)C1. The molecule has 0 radical (unpaired) electrons. The van der Waals surface area contributed by atoms with Gasteiger partial charge in [0.1, 0.15) is 0 Å². The first-order valence-corrected chi connectivity index (χ1v) is 12.4. The van der Waals surface area contributed by atoms with Crippen molar-refractivity contribution in [3.05, 3.63) is 35.4 Å². The smallest absolute Gasteiger partial charge is 0.253 e. The topological polar surface area (TPSA) is 55.9 Å². The number of rotatable bonds is 8. The third kappa shape index (κ3) is 6.07. The Labute approximate surface area is 198 Å². The van der Waals surface area contributed by atoms with E-state index in [9.17, 15) is 9.59 Å². The van der Waals surface area contributed by atoms with Crippen molar-refractivity contribution < 1.29 is 9.59 Å². The van der Waals surface area contributed by atoms with E-state index in [1.807, 2.05) is 4.90 Å². The van der Waals surface area contributed by atoms with Gasteiger partial charge in [0.05, 0.1) is 0 Å². The molecule has 0 saturated carbocycles. The first-order chi connectivity index (χ1) is 15.4. The summed E-state index contributed by atoms with van der Waals surface area (Å²) in [6, 6.07) is 7.02. The van der Waals surface area contributed by atoms with Gasteiger partial charge in [-0.3, -0.25) is 9.59 Å². The molecule has 2 aliphatic heterocycles. The van der Waals surface area contributed by atoms with Gasteiger partial charge in [-0.15, -0.1) is 0 Å². The molecular weight excluding hydrogens is 420 g/mol. The van der Waals surface area contributed by atoms with Gasteiger partial charge in [-0.2, -0.15) is 0 Å². The Hall–Kier alpha value is -1.99. The number of nitrogens with zero attached hydrogens (tertiary/aromatic N) is 3. The number of thiocarbonyl (C=S) groups is 1. The number of hydrogen-bond acceptors (Lipinski definition) is 4. The highest BCUT2D eigenvalue weighted by Gasteiger charge is 2.42. The molecule has 2 saturated heterocycles. The minimum absolute atomic E-state index is 0.0194. The summed E-state index contributed by atoms with van der Waals surface area (Å²) in [6.07, 6.45) is 4.28. The predicted octanol–water partition coefficient (Wildman–Crippen LogP) is 3.42. The van der Waals surface area contributed by atoms with Crippen LogP contribution in [-0.4, -0.2) is 83.9 Å². The van der Waals surface area contributed by atoms with E-state index in [-0.39, 0.29) is 17.1 Å². The third-order valence-electron chi connectivity index (χ3n) is 7.20. The standard InChI is InChI=1S/C25H38N4O2S/c1-4-27(5-2)15-6-14-26-24(32)29-18-13-25(19-29)11-16-28(17-12-25)23(31)22-9-7-21(8-10-22)20(3)30/h7-10H,4-6,11-19H2,1-3H3,(H,26,32). The number of carbonyl (C=O) groups excluding carboxylic acids is 2. The lowest BCUT2D eigenvalue weighted by atomic mass is 9.77. The molecule has 0 aromatic heterocycles. The van der Waals surface area contributed by atoms with Crippen molar-refractivity contribution in [1.82, 2.24) is 20.0 Å². The van der Waals surface area contributed by atoms with Crippen molar-refractivity contribution in [3.63, 3.8) is 0 Å². The minimum Gasteiger partial charge on any atom is -0.363 e. The van der Waals surface area contributed by atoms with Crippen LogP contribution < -0.4 is 5.32 Å². The predicted molar refractivity (Wildman–Crippen MR) is 133 cm³/mol. The molecule has 6 nitrogen and oxygen atoms in total. The second-order valence-electron chi connectivity index (χ2n) is 9.21. The highest BCUT2D eigenvalue weighted by Crippen LogP contribution is 2.40. The summed E-state index contributed by atoms with van der Waals surface area (Å²) < 4.78 is 0. The average molecular weight is 459 g/mol. The molecule has 0 bridgehead atoms. The third-order valence-corrected chi connectivity index (χ3v) is 7.60. The molecule has 1 aromatic carbocycles. The van der Waals surface area contributed by atoms with Crippen LogP contribution in [-0.2, 0) is 0 Å². The number of ketones is 1. The van der Waals surface area contributed by atoms with Crippen LogP contribution in [0, 0.1) is 5.41 Å². The Morgan fingerprint density at radius 2 is 1.56 bits per heavy atom. The molecule has 1 aromatic rings. The molecule has 7 heteroatoms. The van der Waals surface area contributed by atoms with Gasteiger partial charge in [0.15, 0.2) is 10.9 Å². The van der Waals surface area contributed by atoms with Crippen molar-refractivity contribution in [2.24, 2.45) is 5.41 Å². The fourth-order valence-corrected chi connectivity index (χ4v) is 5.14. The summed E-state index contributed by atoms with van der Waals surface area (Å²) >= 11 is 5.67. The number of piperidine rings is 1. The van der Waals surface area contributed by atoms with E-state index in [1.165, 1.54) is 0 Å². The summed E-state index contributed by atoms with van der Waals surface area (Å²) in [5.74, 6) is 0.0844. The van der Waals surface area contributed by atoms with Crippen LogP contribution >= 0.6 is 12.2 Å². The van der Waals surface area contributed by atoms with Gasteiger partial charge >= 0.3 is 0 Å². The van der Waals surface area contributed by atoms with E-state index in [0.717, 1.165) is 83.2 Å². The molecule has 1 amide bonds. The van der Waals surface area contributed by atoms with Crippen molar-refractivity contribution in [1.29, 1.82) is 0 Å². The Morgan fingerprint density at radius 1 is 1.00 bits per heavy atom. The molecule has 0 atom stereocenters. The Kier molecular flexibility index (Phi) is 8.65. The Balaban J connectivity index is 1.44. The summed E-state index contributed by atoms with van der Waals surface area (Å²) in [5.41, 5.74) is 1.57. The fraction of sp³-hybridized carbons (Fsp3) is 0.640. The molecule has 1 spiro atoms. The highest BCUT2D eigenvalue weighted by atomic mass is 32.1. The van der Waals surface area contributed by atoms with Crippen molar-refractivity contribution >= 4 is 29.0 Å². The highest BCUT2D eigenvalue weighted by molar-refractivity contribution is 7.80. The van der Waals surface area contributed by atoms with Crippen LogP contribution in [0.1, 0.15) is 67.2 Å². The first kappa shape index (κ1) is 24.6. The zero-order valence-corrected chi connectivity index (χ0v) is 20.7. The largest absolute Gasteiger partial charge is 0.363 e. The summed E-state index contributed by atoms with van der Waals surface area (Å²) in [7, 11) is 0. The second-order valence-corrected chi connectivity index (χ2v) is 9.60. The van der Waals surface area contributed by atoms with Crippen LogP contribution in [0.2, 0.25) is 0 Å². The van der Waals surface area contributed by atoms with Crippen LogP contribution in [0.25, 0.3) is 0 Å². The molecule has 3 rings (SSSR count). The summed E-state index contributed by atoms with van der Waals surface area (Å²) in [6.45, 7) is 13.7. The normalized spacial score (nSPS) is 17.8. The van der Waals surface area contributed by atoms with E-state index >= 15 is 0 Å². The van der Waals surface area contributed by atoms with E-state index in [4.69, 9.17) is 12.2 Å². The van der Waals surface area contributed by atoms with Gasteiger partial charge in [0.2, 0.25) is 0 Å². The van der Waals surface area contributed by atoms with Gasteiger partial charge < -0.3 is 20.0 Å². The van der Waals surface area contributed by atoms with Gasteiger partial charge in [-0.1, -0.05) is 26.0 Å². The fourth-order valence-electron chi connectivity index (χ4n) is 4.88. The Bertz CT molecular complexity index is 799. The second kappa shape index (κ2) is 11.2. The first-order valence-electron chi connectivity index (χ1n) is 12.0. The molecular formula is C25H38N4O2S. The molecule has 1 N–H and O–H groups in total. The van der Waals surface area contributed by atoms with E-state index in [2.05, 4.69) is 29.0 Å². The average Bonchev–Trinajstić information content (AvgIpc) is 3.22. The van der Waals surface area contributed by atoms with E-state index in [0.29, 0.717) is 11.1 Å². The maximum absolute atomic E-state index is 12.9. The monoisotopic (exact) mass is 458 g/mol. The maximum Gasteiger partial charge on any atom is 0.253 e. The molecule has 0 aliphatic carbocycles. The van der Waals surface area contributed by atoms with E-state index in [1.54, 1.807) is 31.2 Å². The lowest BCUT2D eigenvalue weighted by Crippen LogP contribution is -2.46. The van der Waals surface area contributed by atoms with Crippen LogP contribution in [0.4, 0.5) is 0 Å². The van der Waals surface area contributed by atoms with Gasteiger partial charge in [0.25, 0.3) is 5.91 Å². The molecule has 0 unspecified atom stereocenters. The van der Waals surface area contributed by atoms with Gasteiger partial charge in [-0.25, -0.2) is 0 Å². The van der Waals surface area contributed by atoms with Crippen LogP contribution in [0.5, 0.6) is 0 Å². The number of amides is 1. The van der Waals surface area contributed by atoms with Gasteiger partial charge in [0, 0.05) is 43.9 Å². The number of likely N-dealkylation sites (tertiary alicyclic amines) is 2. The number of carbonyl (C=O) groups is 2. The van der Waals surface area contributed by atoms with Gasteiger partial charge in [-0.05, 0) is 82.0 Å². The number of hydrogen-bond donors (Lipinski definition) is 1. The Morgan fingerprint density at radius 3 is 2.12 bits per heavy atom. The van der Waals surface area contributed by atoms with Crippen molar-refractivity contribution in [2.75, 3.05) is 52.4 Å². The quantitative estimate of drug-likeness (QED) is 0.366. The molecule has 176 valence electrons. The van der Waals surface area contributed by atoms with Crippen LogP contribution in [0.15, 0.2) is 24.3 Å². The number of Topliss-reactive ketones (excluding diaryl/α,β-unsaturated/α-hetero) is 1. The molecule has 32 heavy (non-hydrogen) atoms. The lowest BCUT2D eigenvalue weighted by molar-refractivity contribution is 0.0598. The van der Waals surface area contributed by atoms with Crippen molar-refractivity contribution in [3.8, 4) is 0 Å². The molecule has 2 heterocycles. The van der Waals surface area contributed by atoms with Crippen molar-refractivity contribution in [2.45, 2.75) is 46.5 Å². The van der Waals surface area contributed by atoms with E-state index < -0.39 is 0 Å². The minimum atomic E-state index is 0.0194. The lowest BCUT2D eigenvalue weighted by Gasteiger charge is -2.39. The molecule has 2 fully saturated rings. The number of nitrogens with one attached hydrogen (secondary N) is 1. The van der Waals surface area contributed by atoms with Crippen LogP contribution in [0.3, 0.4) is 0 Å².